The van der Waals surface area contributed by atoms with Crippen molar-refractivity contribution in [3.63, 3.8) is 0 Å². The van der Waals surface area contributed by atoms with Crippen LogP contribution < -0.4 is 5.32 Å². The first-order chi connectivity index (χ1) is 18.2. The van der Waals surface area contributed by atoms with Crippen molar-refractivity contribution in [3.8, 4) is 0 Å². The molecule has 0 atom stereocenters. The minimum absolute atomic E-state index is 0.165. The van der Waals surface area contributed by atoms with Gasteiger partial charge in [-0.05, 0) is 68.7 Å². The Morgan fingerprint density at radius 2 is 1.18 bits per heavy atom. The molecule has 0 spiro atoms. The Morgan fingerprint density at radius 3 is 1.79 bits per heavy atom. The molecule has 4 aromatic rings. The predicted molar refractivity (Wildman–Crippen MR) is 152 cm³/mol. The van der Waals surface area contributed by atoms with Crippen molar-refractivity contribution in [2.24, 2.45) is 0 Å². The van der Waals surface area contributed by atoms with Crippen molar-refractivity contribution in [2.45, 2.75) is 47.4 Å². The van der Waals surface area contributed by atoms with Crippen LogP contribution in [0.25, 0.3) is 0 Å². The van der Waals surface area contributed by atoms with Gasteiger partial charge in [0.25, 0.3) is 0 Å². The monoisotopic (exact) mass is 506 g/mol. The second-order valence-corrected chi connectivity index (χ2v) is 9.92. The third-order valence-electron chi connectivity index (χ3n) is 6.19. The highest BCUT2D eigenvalue weighted by molar-refractivity contribution is 5.90. The lowest BCUT2D eigenvalue weighted by molar-refractivity contribution is 0.0472. The third-order valence-corrected chi connectivity index (χ3v) is 6.19. The number of hydrogen-bond acceptors (Lipinski definition) is 3. The molecule has 0 bridgehead atoms. The van der Waals surface area contributed by atoms with Gasteiger partial charge in [-0.25, -0.2) is 9.59 Å². The molecule has 1 N–H and O–H groups in total. The standard InChI is InChI=1S/C33H34N2O3/c1-23-14-24(2)17-29(16-23)21-35(33(37)34-31-8-6-5-7-9-31)20-27-10-12-28(13-11-27)22-38-32(36)30-18-25(3)15-26(4)19-30/h5-19H,20-22H2,1-4H3,(H,34,37). The first-order valence-electron chi connectivity index (χ1n) is 12.8. The van der Waals surface area contributed by atoms with Crippen LogP contribution in [0, 0.1) is 27.7 Å². The number of nitrogens with zero attached hydrogens (tertiary/aromatic N) is 1. The number of anilines is 1. The Bertz CT molecular complexity index is 1370. The van der Waals surface area contributed by atoms with E-state index in [1.807, 2.05) is 86.6 Å². The van der Waals surface area contributed by atoms with Crippen LogP contribution in [-0.2, 0) is 24.4 Å². The summed E-state index contributed by atoms with van der Waals surface area (Å²) in [6.45, 7) is 9.17. The van der Waals surface area contributed by atoms with E-state index in [4.69, 9.17) is 4.74 Å². The summed E-state index contributed by atoms with van der Waals surface area (Å²) in [4.78, 5) is 27.6. The Morgan fingerprint density at radius 1 is 0.658 bits per heavy atom. The number of urea groups is 1. The van der Waals surface area contributed by atoms with Gasteiger partial charge in [0.2, 0.25) is 0 Å². The van der Waals surface area contributed by atoms with Crippen LogP contribution >= 0.6 is 0 Å². The van der Waals surface area contributed by atoms with Crippen molar-refractivity contribution in [1.82, 2.24) is 4.90 Å². The number of nitrogens with one attached hydrogen (secondary N) is 1. The largest absolute Gasteiger partial charge is 0.457 e. The Kier molecular flexibility index (Phi) is 8.59. The average Bonchev–Trinajstić information content (AvgIpc) is 2.87. The van der Waals surface area contributed by atoms with Crippen molar-refractivity contribution >= 4 is 17.7 Å². The molecule has 194 valence electrons. The first-order valence-corrected chi connectivity index (χ1v) is 12.8. The number of esters is 1. The van der Waals surface area contributed by atoms with Crippen molar-refractivity contribution in [2.75, 3.05) is 5.32 Å². The van der Waals surface area contributed by atoms with E-state index < -0.39 is 0 Å². The fraction of sp³-hybridized carbons (Fsp3) is 0.212. The van der Waals surface area contributed by atoms with Gasteiger partial charge in [0.05, 0.1) is 5.56 Å². The number of carbonyl (C=O) groups is 2. The number of benzene rings is 4. The van der Waals surface area contributed by atoms with Gasteiger partial charge in [0, 0.05) is 18.8 Å². The molecule has 0 unspecified atom stereocenters. The third kappa shape index (κ3) is 7.56. The summed E-state index contributed by atoms with van der Waals surface area (Å²) >= 11 is 0. The summed E-state index contributed by atoms with van der Waals surface area (Å²) in [5.74, 6) is -0.335. The van der Waals surface area contributed by atoms with E-state index >= 15 is 0 Å². The topological polar surface area (TPSA) is 58.6 Å². The Balaban J connectivity index is 1.44. The van der Waals surface area contributed by atoms with E-state index in [-0.39, 0.29) is 18.6 Å². The van der Waals surface area contributed by atoms with E-state index in [0.717, 1.165) is 33.5 Å². The van der Waals surface area contributed by atoms with Crippen LogP contribution in [0.5, 0.6) is 0 Å². The number of rotatable bonds is 8. The highest BCUT2D eigenvalue weighted by atomic mass is 16.5. The molecule has 0 aromatic heterocycles. The number of aryl methyl sites for hydroxylation is 4. The number of carbonyl (C=O) groups excluding carboxylic acids is 2. The molecule has 0 fully saturated rings. The molecular weight excluding hydrogens is 472 g/mol. The molecule has 0 aliphatic carbocycles. The SMILES string of the molecule is Cc1cc(C)cc(CN(Cc2ccc(COC(=O)c3cc(C)cc(C)c3)cc2)C(=O)Nc2ccccc2)c1. The van der Waals surface area contributed by atoms with Crippen LogP contribution in [-0.4, -0.2) is 16.9 Å². The zero-order valence-corrected chi connectivity index (χ0v) is 22.5. The first kappa shape index (κ1) is 26.7. The quantitative estimate of drug-likeness (QED) is 0.252. The number of hydrogen-bond donors (Lipinski definition) is 1. The predicted octanol–water partition coefficient (Wildman–Crippen LogP) is 7.51. The van der Waals surface area contributed by atoms with Crippen LogP contribution in [0.3, 0.4) is 0 Å². The molecule has 0 aliphatic rings. The molecule has 0 saturated carbocycles. The minimum atomic E-state index is -0.335. The number of para-hydroxylation sites is 1. The van der Waals surface area contributed by atoms with E-state index in [0.29, 0.717) is 18.7 Å². The van der Waals surface area contributed by atoms with E-state index in [2.05, 4.69) is 37.4 Å². The summed E-state index contributed by atoms with van der Waals surface area (Å²) in [6, 6.07) is 29.2. The van der Waals surface area contributed by atoms with Gasteiger partial charge in [-0.1, -0.05) is 89.0 Å². The number of ether oxygens (including phenoxy) is 1. The molecule has 0 radical (unpaired) electrons. The molecule has 0 saturated heterocycles. The van der Waals surface area contributed by atoms with E-state index in [1.54, 1.807) is 4.90 Å². The van der Waals surface area contributed by atoms with Crippen LogP contribution in [0.4, 0.5) is 10.5 Å². The van der Waals surface area contributed by atoms with E-state index in [1.165, 1.54) is 11.1 Å². The fourth-order valence-electron chi connectivity index (χ4n) is 4.59. The molecule has 5 nitrogen and oxygen atoms in total. The number of amides is 2. The average molecular weight is 507 g/mol. The van der Waals surface area contributed by atoms with Gasteiger partial charge in [0.1, 0.15) is 6.61 Å². The van der Waals surface area contributed by atoms with Gasteiger partial charge in [-0.2, -0.15) is 0 Å². The molecule has 4 aromatic carbocycles. The second kappa shape index (κ2) is 12.2. The molecule has 2 amide bonds. The molecular formula is C33H34N2O3. The molecule has 0 heterocycles. The van der Waals surface area contributed by atoms with Crippen molar-refractivity contribution in [3.05, 3.63) is 136 Å². The van der Waals surface area contributed by atoms with Gasteiger partial charge in [-0.15, -0.1) is 0 Å². The fourth-order valence-corrected chi connectivity index (χ4v) is 4.59. The maximum Gasteiger partial charge on any atom is 0.338 e. The zero-order valence-electron chi connectivity index (χ0n) is 22.5. The van der Waals surface area contributed by atoms with Gasteiger partial charge in [-0.3, -0.25) is 0 Å². The Hall–Kier alpha value is -4.38. The van der Waals surface area contributed by atoms with Gasteiger partial charge >= 0.3 is 12.0 Å². The highest BCUT2D eigenvalue weighted by Gasteiger charge is 2.16. The smallest absolute Gasteiger partial charge is 0.338 e. The summed E-state index contributed by atoms with van der Waals surface area (Å²) < 4.78 is 5.54. The Labute approximate surface area is 225 Å². The van der Waals surface area contributed by atoms with Gasteiger partial charge in [0.15, 0.2) is 0 Å². The summed E-state index contributed by atoms with van der Waals surface area (Å²) in [6.07, 6.45) is 0. The second-order valence-electron chi connectivity index (χ2n) is 9.92. The zero-order chi connectivity index (χ0) is 27.1. The lowest BCUT2D eigenvalue weighted by Gasteiger charge is -2.24. The van der Waals surface area contributed by atoms with Crippen LogP contribution in [0.1, 0.15) is 49.3 Å². The van der Waals surface area contributed by atoms with Gasteiger partial charge < -0.3 is 15.0 Å². The summed E-state index contributed by atoms with van der Waals surface area (Å²) in [5, 5.41) is 3.01. The lowest BCUT2D eigenvalue weighted by atomic mass is 10.1. The summed E-state index contributed by atoms with van der Waals surface area (Å²) in [7, 11) is 0. The molecule has 0 aliphatic heterocycles. The van der Waals surface area contributed by atoms with Crippen molar-refractivity contribution < 1.29 is 14.3 Å². The lowest BCUT2D eigenvalue weighted by Crippen LogP contribution is -2.34. The highest BCUT2D eigenvalue weighted by Crippen LogP contribution is 2.17. The molecule has 4 rings (SSSR count). The molecule has 5 heteroatoms. The summed E-state index contributed by atoms with van der Waals surface area (Å²) in [5.41, 5.74) is 8.68. The normalized spacial score (nSPS) is 10.6. The van der Waals surface area contributed by atoms with Crippen LogP contribution in [0.2, 0.25) is 0 Å². The van der Waals surface area contributed by atoms with E-state index in [9.17, 15) is 9.59 Å². The maximum absolute atomic E-state index is 13.3. The maximum atomic E-state index is 13.3. The van der Waals surface area contributed by atoms with Crippen molar-refractivity contribution in [1.29, 1.82) is 0 Å². The molecule has 38 heavy (non-hydrogen) atoms. The minimum Gasteiger partial charge on any atom is -0.457 e. The van der Waals surface area contributed by atoms with Crippen LogP contribution in [0.15, 0.2) is 91.0 Å².